The van der Waals surface area contributed by atoms with Crippen LogP contribution in [0.4, 0.5) is 39.3 Å². The highest BCUT2D eigenvalue weighted by atomic mass is 19.4. The topological polar surface area (TPSA) is 120 Å². The van der Waals surface area contributed by atoms with Crippen LogP contribution in [0.15, 0.2) is 0 Å². The van der Waals surface area contributed by atoms with Crippen molar-refractivity contribution in [3.8, 4) is 6.01 Å². The number of tetrazole rings is 1. The van der Waals surface area contributed by atoms with Gasteiger partial charge in [-0.25, -0.2) is 13.5 Å². The maximum Gasteiger partial charge on any atom is 0.425 e. The summed E-state index contributed by atoms with van der Waals surface area (Å²) in [7, 11) is 0. The van der Waals surface area contributed by atoms with Crippen molar-refractivity contribution in [2.24, 2.45) is 0 Å². The molecule has 1 atom stereocenters. The molecule has 170 valence electrons. The van der Waals surface area contributed by atoms with Crippen molar-refractivity contribution in [2.45, 2.75) is 57.0 Å². The zero-order valence-corrected chi connectivity index (χ0v) is 16.4. The minimum Gasteiger partial charge on any atom is -0.451 e. The van der Waals surface area contributed by atoms with Crippen molar-refractivity contribution in [2.75, 3.05) is 29.0 Å². The molecule has 15 heteroatoms. The number of rotatable bonds is 7. The van der Waals surface area contributed by atoms with Gasteiger partial charge < -0.3 is 20.7 Å². The lowest BCUT2D eigenvalue weighted by Gasteiger charge is -2.22. The summed E-state index contributed by atoms with van der Waals surface area (Å²) in [5.41, 5.74) is 5.99. The van der Waals surface area contributed by atoms with Crippen LogP contribution in [0.1, 0.15) is 38.1 Å². The van der Waals surface area contributed by atoms with Gasteiger partial charge >= 0.3 is 12.2 Å². The molecule has 31 heavy (non-hydrogen) atoms. The van der Waals surface area contributed by atoms with Crippen LogP contribution in [0.3, 0.4) is 0 Å². The van der Waals surface area contributed by atoms with Crippen LogP contribution in [-0.4, -0.2) is 61.5 Å². The molecule has 1 saturated carbocycles. The molecule has 4 rings (SSSR count). The van der Waals surface area contributed by atoms with E-state index in [1.165, 1.54) is 4.90 Å². The normalized spacial score (nSPS) is 19.5. The fourth-order valence-corrected chi connectivity index (χ4v) is 3.10. The first-order chi connectivity index (χ1) is 14.5. The highest BCUT2D eigenvalue weighted by Crippen LogP contribution is 2.37. The summed E-state index contributed by atoms with van der Waals surface area (Å²) < 4.78 is 72.6. The molecule has 2 aromatic heterocycles. The van der Waals surface area contributed by atoms with E-state index in [-0.39, 0.29) is 36.5 Å². The largest absolute Gasteiger partial charge is 0.451 e. The Morgan fingerprint density at radius 2 is 2.03 bits per heavy atom. The molecule has 2 fully saturated rings. The molecule has 1 saturated heterocycles. The monoisotopic (exact) mass is 449 g/mol. The Morgan fingerprint density at radius 3 is 2.65 bits per heavy atom. The van der Waals surface area contributed by atoms with Crippen LogP contribution in [0.25, 0.3) is 0 Å². The molecule has 0 aromatic carbocycles. The summed E-state index contributed by atoms with van der Waals surface area (Å²) in [4.78, 5) is 9.00. The van der Waals surface area contributed by atoms with Crippen molar-refractivity contribution >= 4 is 17.3 Å². The predicted octanol–water partition coefficient (Wildman–Crippen LogP) is 2.17. The predicted molar refractivity (Wildman–Crippen MR) is 97.8 cm³/mol. The molecule has 2 aromatic rings. The van der Waals surface area contributed by atoms with Crippen LogP contribution >= 0.6 is 0 Å². The smallest absolute Gasteiger partial charge is 0.425 e. The molecule has 3 heterocycles. The maximum atomic E-state index is 13.7. The van der Waals surface area contributed by atoms with Crippen molar-refractivity contribution in [3.05, 3.63) is 5.82 Å². The first-order valence-electron chi connectivity index (χ1n) is 9.58. The van der Waals surface area contributed by atoms with Gasteiger partial charge in [0.2, 0.25) is 0 Å². The third-order valence-electron chi connectivity index (χ3n) is 4.99. The second-order valence-electron chi connectivity index (χ2n) is 7.55. The quantitative estimate of drug-likeness (QED) is 0.613. The summed E-state index contributed by atoms with van der Waals surface area (Å²) in [5, 5.41) is 14.3. The van der Waals surface area contributed by atoms with Gasteiger partial charge in [-0.3, -0.25) is 0 Å². The number of ether oxygens (including phenoxy) is 1. The van der Waals surface area contributed by atoms with E-state index < -0.39 is 37.2 Å². The van der Waals surface area contributed by atoms with Gasteiger partial charge in [-0.15, -0.1) is 5.10 Å². The third kappa shape index (κ3) is 4.69. The molecule has 0 bridgehead atoms. The Bertz CT molecular complexity index is 946. The van der Waals surface area contributed by atoms with Crippen molar-refractivity contribution < 1.29 is 26.7 Å². The number of halogens is 5. The van der Waals surface area contributed by atoms with E-state index in [1.54, 1.807) is 4.68 Å². The molecule has 3 N–H and O–H groups in total. The molecule has 0 amide bonds. The van der Waals surface area contributed by atoms with Crippen LogP contribution in [0.2, 0.25) is 0 Å². The first kappa shape index (κ1) is 21.2. The molecular weight excluding hydrogens is 429 g/mol. The number of anilines is 3. The number of aromatic nitrogens is 6. The number of nitrogens with zero attached hydrogens (tertiary/aromatic N) is 7. The number of hydrogen-bond donors (Lipinski definition) is 2. The Morgan fingerprint density at radius 1 is 1.29 bits per heavy atom. The molecule has 1 unspecified atom stereocenters. The molecular formula is C16H20F5N9O. The summed E-state index contributed by atoms with van der Waals surface area (Å²) >= 11 is 0. The van der Waals surface area contributed by atoms with E-state index in [9.17, 15) is 22.0 Å². The fraction of sp³-hybridized carbons (Fsp3) is 0.688. The van der Waals surface area contributed by atoms with Crippen LogP contribution in [0, 0.1) is 0 Å². The lowest BCUT2D eigenvalue weighted by molar-refractivity contribution is -0.190. The lowest BCUT2D eigenvalue weighted by atomic mass is 10.3. The highest BCUT2D eigenvalue weighted by molar-refractivity contribution is 5.76. The molecule has 10 nitrogen and oxygen atoms in total. The average molecular weight is 449 g/mol. The van der Waals surface area contributed by atoms with E-state index in [1.807, 2.05) is 0 Å². The van der Waals surface area contributed by atoms with Crippen molar-refractivity contribution in [1.29, 1.82) is 0 Å². The molecule has 0 radical (unpaired) electrons. The SMILES string of the molecule is CC(Oc1nc(NCc2nnnn2C2CC2)c(N)c(N2CCC(F)(F)C2)n1)C(F)(F)F. The fourth-order valence-electron chi connectivity index (χ4n) is 3.10. The minimum atomic E-state index is -4.66. The zero-order chi connectivity index (χ0) is 22.4. The second kappa shape index (κ2) is 7.60. The Balaban J connectivity index is 1.61. The molecule has 1 aliphatic heterocycles. The Kier molecular flexibility index (Phi) is 5.21. The number of nitrogen functional groups attached to an aromatic ring is 1. The highest BCUT2D eigenvalue weighted by Gasteiger charge is 2.41. The molecule has 2 aliphatic rings. The minimum absolute atomic E-state index is 0.0602. The number of nitrogens with two attached hydrogens (primary N) is 1. The van der Waals surface area contributed by atoms with E-state index in [2.05, 4.69) is 30.8 Å². The van der Waals surface area contributed by atoms with Crippen LogP contribution in [-0.2, 0) is 6.54 Å². The van der Waals surface area contributed by atoms with Gasteiger partial charge in [0, 0.05) is 13.0 Å². The standard InChI is InChI=1S/C16H20F5N9O/c1-8(16(19,20)21)31-14-24-12(23-6-10-26-27-28-30(10)9-2-3-9)11(22)13(25-14)29-5-4-15(17,18)7-29/h8-9H,2-7,22H2,1H3,(H,23,24,25). The first-order valence-corrected chi connectivity index (χ1v) is 9.58. The van der Waals surface area contributed by atoms with Gasteiger partial charge in [-0.05, 0) is 30.2 Å². The van der Waals surface area contributed by atoms with Gasteiger partial charge in [0.15, 0.2) is 23.6 Å². The van der Waals surface area contributed by atoms with Gasteiger partial charge in [0.25, 0.3) is 5.92 Å². The van der Waals surface area contributed by atoms with E-state index in [4.69, 9.17) is 10.5 Å². The van der Waals surface area contributed by atoms with Crippen LogP contribution < -0.4 is 20.7 Å². The average Bonchev–Trinajstić information content (AvgIpc) is 3.30. The van der Waals surface area contributed by atoms with Gasteiger partial charge in [0.1, 0.15) is 5.69 Å². The number of alkyl halides is 5. The number of hydrogen-bond acceptors (Lipinski definition) is 9. The van der Waals surface area contributed by atoms with Crippen molar-refractivity contribution in [1.82, 2.24) is 30.2 Å². The summed E-state index contributed by atoms with van der Waals surface area (Å²) in [5.74, 6) is -2.67. The van der Waals surface area contributed by atoms with Gasteiger partial charge in [-0.2, -0.15) is 23.1 Å². The van der Waals surface area contributed by atoms with Crippen LogP contribution in [0.5, 0.6) is 6.01 Å². The third-order valence-corrected chi connectivity index (χ3v) is 4.99. The van der Waals surface area contributed by atoms with Crippen molar-refractivity contribution in [3.63, 3.8) is 0 Å². The Hall–Kier alpha value is -3.00. The summed E-state index contributed by atoms with van der Waals surface area (Å²) in [6.07, 6.45) is -5.42. The van der Waals surface area contributed by atoms with Gasteiger partial charge in [-0.1, -0.05) is 0 Å². The second-order valence-corrected chi connectivity index (χ2v) is 7.55. The van der Waals surface area contributed by atoms with Gasteiger partial charge in [0.05, 0.1) is 19.1 Å². The van der Waals surface area contributed by atoms with E-state index >= 15 is 0 Å². The molecule has 1 aliphatic carbocycles. The maximum absolute atomic E-state index is 13.7. The van der Waals surface area contributed by atoms with E-state index in [0.29, 0.717) is 5.82 Å². The van der Waals surface area contributed by atoms with E-state index in [0.717, 1.165) is 19.8 Å². The summed E-state index contributed by atoms with van der Waals surface area (Å²) in [6.45, 7) is 0.124. The summed E-state index contributed by atoms with van der Waals surface area (Å²) in [6, 6.07) is -0.433. The number of nitrogens with one attached hydrogen (secondary N) is 1. The lowest BCUT2D eigenvalue weighted by Crippen LogP contribution is -2.32. The Labute approximate surface area is 173 Å². The molecule has 0 spiro atoms. The zero-order valence-electron chi connectivity index (χ0n) is 16.4.